The number of rotatable bonds is 2. The van der Waals surface area contributed by atoms with Gasteiger partial charge in [-0.2, -0.15) is 0 Å². The minimum Gasteiger partial charge on any atom is -0.328 e. The van der Waals surface area contributed by atoms with Gasteiger partial charge in [-0.3, -0.25) is 0 Å². The second kappa shape index (κ2) is 8.32. The van der Waals surface area contributed by atoms with Gasteiger partial charge in [-0.15, -0.1) is 0 Å². The van der Waals surface area contributed by atoms with Crippen molar-refractivity contribution in [2.24, 2.45) is 28.3 Å². The van der Waals surface area contributed by atoms with Crippen LogP contribution in [-0.2, 0) is 0 Å². The Morgan fingerprint density at radius 2 is 1.10 bits per heavy atom. The van der Waals surface area contributed by atoms with Crippen LogP contribution in [-0.4, -0.2) is 24.2 Å². The fourth-order valence-corrected chi connectivity index (χ4v) is 3.68. The summed E-state index contributed by atoms with van der Waals surface area (Å²) in [7, 11) is 0. The first-order valence-electron chi connectivity index (χ1n) is 8.41. The zero-order valence-electron chi connectivity index (χ0n) is 13.5. The van der Waals surface area contributed by atoms with Crippen LogP contribution in [0.3, 0.4) is 0 Å². The maximum Gasteiger partial charge on any atom is 0.00817 e. The summed E-state index contributed by atoms with van der Waals surface area (Å²) in [5.74, 6) is 0. The Morgan fingerprint density at radius 1 is 0.750 bits per heavy atom. The molecule has 0 amide bonds. The lowest BCUT2D eigenvalue weighted by Crippen LogP contribution is -2.51. The fourth-order valence-electron chi connectivity index (χ4n) is 3.68. The van der Waals surface area contributed by atoms with E-state index in [1.54, 1.807) is 0 Å². The fraction of sp³-hybridized carbons (Fsp3) is 1.00. The van der Waals surface area contributed by atoms with Crippen LogP contribution in [0.5, 0.6) is 0 Å². The van der Waals surface area contributed by atoms with Crippen molar-refractivity contribution in [2.45, 2.75) is 95.8 Å². The summed E-state index contributed by atoms with van der Waals surface area (Å²) in [6, 6.07) is 1.38. The van der Waals surface area contributed by atoms with E-state index >= 15 is 0 Å². The Bertz CT molecular complexity index is 231. The predicted octanol–water partition coefficient (Wildman–Crippen LogP) is 1.85. The van der Waals surface area contributed by atoms with Crippen molar-refractivity contribution in [3.05, 3.63) is 0 Å². The first-order valence-corrected chi connectivity index (χ1v) is 8.41. The molecule has 0 bridgehead atoms. The number of hydrogen-bond donors (Lipinski definition) is 4. The summed E-state index contributed by atoms with van der Waals surface area (Å²) < 4.78 is 0. The standard InChI is InChI=1S/C10H22N2.C6H14N2/c1-8(11)10(9(2)12)6-4-3-5-7-10;7-5-1-2-6(8)4-3-5/h8-9H,3-7,11-12H2,1-2H3;5-6H,1-4,7-8H2. The van der Waals surface area contributed by atoms with Crippen molar-refractivity contribution in [3.63, 3.8) is 0 Å². The predicted molar refractivity (Wildman–Crippen MR) is 87.2 cm³/mol. The van der Waals surface area contributed by atoms with Crippen LogP contribution in [0, 0.1) is 5.41 Å². The summed E-state index contributed by atoms with van der Waals surface area (Å²) >= 11 is 0. The number of hydrogen-bond acceptors (Lipinski definition) is 4. The van der Waals surface area contributed by atoms with Crippen LogP contribution in [0.25, 0.3) is 0 Å². The molecular formula is C16H36N4. The third kappa shape index (κ3) is 4.99. The van der Waals surface area contributed by atoms with Gasteiger partial charge in [-0.05, 0) is 52.4 Å². The van der Waals surface area contributed by atoms with Crippen molar-refractivity contribution in [1.82, 2.24) is 0 Å². The summed E-state index contributed by atoms with van der Waals surface area (Å²) in [5.41, 5.74) is 23.6. The van der Waals surface area contributed by atoms with Crippen molar-refractivity contribution >= 4 is 0 Å². The molecule has 0 aromatic carbocycles. The van der Waals surface area contributed by atoms with Crippen LogP contribution in [0.2, 0.25) is 0 Å². The Kier molecular flexibility index (Phi) is 7.45. The molecule has 0 saturated heterocycles. The highest BCUT2D eigenvalue weighted by Crippen LogP contribution is 2.40. The molecule has 20 heavy (non-hydrogen) atoms. The molecule has 2 atom stereocenters. The minimum absolute atomic E-state index is 0.234. The Morgan fingerprint density at radius 3 is 1.35 bits per heavy atom. The molecule has 2 saturated carbocycles. The molecule has 0 aromatic heterocycles. The summed E-state index contributed by atoms with van der Waals surface area (Å²) in [4.78, 5) is 0. The average molecular weight is 284 g/mol. The summed E-state index contributed by atoms with van der Waals surface area (Å²) in [6.45, 7) is 4.21. The van der Waals surface area contributed by atoms with Gasteiger partial charge in [-0.25, -0.2) is 0 Å². The first-order chi connectivity index (χ1) is 9.38. The van der Waals surface area contributed by atoms with Gasteiger partial charge in [0.2, 0.25) is 0 Å². The quantitative estimate of drug-likeness (QED) is 0.621. The molecular weight excluding hydrogens is 248 g/mol. The van der Waals surface area contributed by atoms with E-state index in [2.05, 4.69) is 13.8 Å². The Hall–Kier alpha value is -0.160. The molecule has 2 rings (SSSR count). The molecule has 2 unspecified atom stereocenters. The molecule has 0 radical (unpaired) electrons. The van der Waals surface area contributed by atoms with E-state index in [-0.39, 0.29) is 17.5 Å². The van der Waals surface area contributed by atoms with Gasteiger partial charge in [0.25, 0.3) is 0 Å². The molecule has 8 N–H and O–H groups in total. The lowest BCUT2D eigenvalue weighted by atomic mass is 9.66. The molecule has 4 heteroatoms. The normalized spacial score (nSPS) is 32.7. The van der Waals surface area contributed by atoms with E-state index in [1.165, 1.54) is 32.1 Å². The van der Waals surface area contributed by atoms with Gasteiger partial charge in [0.15, 0.2) is 0 Å². The van der Waals surface area contributed by atoms with Crippen molar-refractivity contribution < 1.29 is 0 Å². The number of nitrogens with two attached hydrogens (primary N) is 4. The van der Waals surface area contributed by atoms with Gasteiger partial charge in [0.1, 0.15) is 0 Å². The van der Waals surface area contributed by atoms with Gasteiger partial charge >= 0.3 is 0 Å². The largest absolute Gasteiger partial charge is 0.328 e. The summed E-state index contributed by atoms with van der Waals surface area (Å²) in [6.07, 6.45) is 10.9. The molecule has 0 heterocycles. The van der Waals surface area contributed by atoms with Crippen LogP contribution >= 0.6 is 0 Å². The lowest BCUT2D eigenvalue weighted by Gasteiger charge is -2.43. The Balaban J connectivity index is 0.000000217. The minimum atomic E-state index is 0.234. The van der Waals surface area contributed by atoms with E-state index < -0.39 is 0 Å². The maximum absolute atomic E-state index is 6.02. The van der Waals surface area contributed by atoms with E-state index in [1.807, 2.05) is 0 Å². The second-order valence-corrected chi connectivity index (χ2v) is 7.05. The molecule has 0 spiro atoms. The SMILES string of the molecule is CC(N)C1(C(C)N)CCCCC1.NC1CCC(N)CC1. The molecule has 2 aliphatic carbocycles. The zero-order chi connectivity index (χ0) is 15.2. The monoisotopic (exact) mass is 284 g/mol. The van der Waals surface area contributed by atoms with Crippen LogP contribution < -0.4 is 22.9 Å². The highest BCUT2D eigenvalue weighted by atomic mass is 14.8. The smallest absolute Gasteiger partial charge is 0.00817 e. The zero-order valence-corrected chi connectivity index (χ0v) is 13.5. The molecule has 4 nitrogen and oxygen atoms in total. The molecule has 0 aromatic rings. The molecule has 120 valence electrons. The molecule has 2 aliphatic rings. The van der Waals surface area contributed by atoms with E-state index in [0.717, 1.165) is 25.7 Å². The van der Waals surface area contributed by atoms with E-state index in [0.29, 0.717) is 12.1 Å². The van der Waals surface area contributed by atoms with Crippen LogP contribution in [0.1, 0.15) is 71.6 Å². The van der Waals surface area contributed by atoms with Crippen molar-refractivity contribution in [3.8, 4) is 0 Å². The summed E-state index contributed by atoms with van der Waals surface area (Å²) in [5, 5.41) is 0. The van der Waals surface area contributed by atoms with Crippen molar-refractivity contribution in [2.75, 3.05) is 0 Å². The van der Waals surface area contributed by atoms with Gasteiger partial charge in [0, 0.05) is 29.6 Å². The topological polar surface area (TPSA) is 104 Å². The van der Waals surface area contributed by atoms with Crippen molar-refractivity contribution in [1.29, 1.82) is 0 Å². The van der Waals surface area contributed by atoms with Gasteiger partial charge in [0.05, 0.1) is 0 Å². The van der Waals surface area contributed by atoms with E-state index in [4.69, 9.17) is 22.9 Å². The van der Waals surface area contributed by atoms with Gasteiger partial charge < -0.3 is 22.9 Å². The van der Waals surface area contributed by atoms with E-state index in [9.17, 15) is 0 Å². The van der Waals surface area contributed by atoms with Crippen LogP contribution in [0.15, 0.2) is 0 Å². The van der Waals surface area contributed by atoms with Crippen LogP contribution in [0.4, 0.5) is 0 Å². The molecule has 0 aliphatic heterocycles. The third-order valence-electron chi connectivity index (χ3n) is 5.41. The first kappa shape index (κ1) is 17.9. The maximum atomic E-state index is 6.02. The highest BCUT2D eigenvalue weighted by Gasteiger charge is 2.38. The van der Waals surface area contributed by atoms with Gasteiger partial charge in [-0.1, -0.05) is 19.3 Å². The average Bonchev–Trinajstić information content (AvgIpc) is 2.43. The third-order valence-corrected chi connectivity index (χ3v) is 5.41. The lowest BCUT2D eigenvalue weighted by molar-refractivity contribution is 0.122. The Labute approximate surface area is 125 Å². The second-order valence-electron chi connectivity index (χ2n) is 7.05. The molecule has 2 fully saturated rings. The highest BCUT2D eigenvalue weighted by molar-refractivity contribution is 4.95.